The van der Waals surface area contributed by atoms with E-state index in [-0.39, 0.29) is 5.78 Å². The Labute approximate surface area is 117 Å². The van der Waals surface area contributed by atoms with Gasteiger partial charge in [0.25, 0.3) is 0 Å². The summed E-state index contributed by atoms with van der Waals surface area (Å²) in [6.07, 6.45) is 0. The minimum Gasteiger partial charge on any atom is -0.496 e. The summed E-state index contributed by atoms with van der Waals surface area (Å²) in [5.41, 5.74) is 7.15. The molecule has 0 spiro atoms. The quantitative estimate of drug-likeness (QED) is 0.872. The highest BCUT2D eigenvalue weighted by Gasteiger charge is 2.21. The highest BCUT2D eigenvalue weighted by Crippen LogP contribution is 2.26. The Morgan fingerprint density at radius 1 is 1.21 bits per heavy atom. The molecule has 0 saturated heterocycles. The fourth-order valence-corrected chi connectivity index (χ4v) is 2.02. The van der Waals surface area contributed by atoms with Crippen LogP contribution in [0.3, 0.4) is 0 Å². The number of hydrogen-bond donors (Lipinski definition) is 1. The smallest absolute Gasteiger partial charge is 0.187 e. The van der Waals surface area contributed by atoms with Crippen LogP contribution < -0.4 is 10.5 Å². The molecular weight excluding hydrogens is 262 g/mol. The molecule has 0 saturated carbocycles. The lowest BCUT2D eigenvalue weighted by Crippen LogP contribution is -2.22. The first-order valence-corrected chi connectivity index (χ1v) is 6.19. The first kappa shape index (κ1) is 13.6. The van der Waals surface area contributed by atoms with E-state index in [1.165, 1.54) is 7.11 Å². The fraction of sp³-hybridized carbons (Fsp3) is 0.133. The molecule has 0 unspecified atom stereocenters. The van der Waals surface area contributed by atoms with Crippen LogP contribution in [0.4, 0.5) is 0 Å². The van der Waals surface area contributed by atoms with Crippen LogP contribution in [0.1, 0.15) is 22.0 Å². The number of benzene rings is 2. The molecule has 98 valence electrons. The summed E-state index contributed by atoms with van der Waals surface area (Å²) in [5.74, 6) is 0.256. The lowest BCUT2D eigenvalue weighted by molar-refractivity contribution is 0.0958. The second kappa shape index (κ2) is 5.87. The third-order valence-electron chi connectivity index (χ3n) is 2.87. The molecule has 2 rings (SSSR count). The van der Waals surface area contributed by atoms with E-state index in [0.717, 1.165) is 5.56 Å². The zero-order valence-corrected chi connectivity index (χ0v) is 11.2. The predicted molar refractivity (Wildman–Crippen MR) is 75.7 cm³/mol. The number of methoxy groups -OCH3 is 1. The van der Waals surface area contributed by atoms with E-state index in [9.17, 15) is 4.79 Å². The Kier molecular flexibility index (Phi) is 4.20. The van der Waals surface area contributed by atoms with E-state index in [1.807, 2.05) is 30.3 Å². The lowest BCUT2D eigenvalue weighted by Gasteiger charge is -2.13. The van der Waals surface area contributed by atoms with Crippen molar-refractivity contribution < 1.29 is 9.53 Å². The number of nitrogens with two attached hydrogens (primary N) is 1. The van der Waals surface area contributed by atoms with Crippen LogP contribution in [0.2, 0.25) is 5.02 Å². The van der Waals surface area contributed by atoms with E-state index < -0.39 is 6.04 Å². The summed E-state index contributed by atoms with van der Waals surface area (Å²) in [6.45, 7) is 0. The Balaban J connectivity index is 2.37. The van der Waals surface area contributed by atoms with Crippen LogP contribution in [0.5, 0.6) is 5.75 Å². The van der Waals surface area contributed by atoms with Crippen LogP contribution in [0.25, 0.3) is 0 Å². The number of halogens is 1. The van der Waals surface area contributed by atoms with Crippen molar-refractivity contribution >= 4 is 17.4 Å². The van der Waals surface area contributed by atoms with Crippen molar-refractivity contribution in [2.75, 3.05) is 7.11 Å². The van der Waals surface area contributed by atoms with Gasteiger partial charge in [-0.05, 0) is 23.8 Å². The van der Waals surface area contributed by atoms with Gasteiger partial charge in [0, 0.05) is 5.02 Å². The molecule has 2 N–H and O–H groups in total. The van der Waals surface area contributed by atoms with Crippen LogP contribution >= 0.6 is 11.6 Å². The second-order valence-corrected chi connectivity index (χ2v) is 4.53. The van der Waals surface area contributed by atoms with Crippen LogP contribution in [0.15, 0.2) is 48.5 Å². The van der Waals surface area contributed by atoms with Crippen molar-refractivity contribution in [2.24, 2.45) is 5.73 Å². The second-order valence-electron chi connectivity index (χ2n) is 4.10. The summed E-state index contributed by atoms with van der Waals surface area (Å²) < 4.78 is 5.17. The van der Waals surface area contributed by atoms with Gasteiger partial charge in [0.05, 0.1) is 18.7 Å². The summed E-state index contributed by atoms with van der Waals surface area (Å²) in [5, 5.41) is 0.476. The minimum atomic E-state index is -0.728. The van der Waals surface area contributed by atoms with Crippen molar-refractivity contribution in [1.82, 2.24) is 0 Å². The highest BCUT2D eigenvalue weighted by molar-refractivity contribution is 6.31. The highest BCUT2D eigenvalue weighted by atomic mass is 35.5. The largest absolute Gasteiger partial charge is 0.496 e. The molecule has 2 aromatic rings. The van der Waals surface area contributed by atoms with Gasteiger partial charge in [0.15, 0.2) is 5.78 Å². The van der Waals surface area contributed by atoms with Crippen molar-refractivity contribution in [3.63, 3.8) is 0 Å². The van der Waals surface area contributed by atoms with Gasteiger partial charge >= 0.3 is 0 Å². The molecule has 0 aromatic heterocycles. The molecule has 2 aromatic carbocycles. The molecule has 0 aliphatic heterocycles. The number of rotatable bonds is 4. The van der Waals surface area contributed by atoms with Crippen molar-refractivity contribution in [2.45, 2.75) is 6.04 Å². The molecule has 0 aliphatic carbocycles. The maximum atomic E-state index is 12.4. The lowest BCUT2D eigenvalue weighted by atomic mass is 9.97. The Morgan fingerprint density at radius 3 is 2.53 bits per heavy atom. The maximum absolute atomic E-state index is 12.4. The number of hydrogen-bond acceptors (Lipinski definition) is 3. The first-order valence-electron chi connectivity index (χ1n) is 5.81. The SMILES string of the molecule is COc1ccc(Cl)cc1C(=O)[C@H](N)c1ccccc1. The van der Waals surface area contributed by atoms with E-state index >= 15 is 0 Å². The molecular formula is C15H14ClNO2. The molecule has 0 amide bonds. The van der Waals surface area contributed by atoms with Gasteiger partial charge in [-0.25, -0.2) is 0 Å². The van der Waals surface area contributed by atoms with Gasteiger partial charge in [-0.3, -0.25) is 4.79 Å². The Morgan fingerprint density at radius 2 is 1.89 bits per heavy atom. The van der Waals surface area contributed by atoms with Crippen molar-refractivity contribution in [3.05, 3.63) is 64.7 Å². The normalized spacial score (nSPS) is 11.9. The van der Waals surface area contributed by atoms with E-state index in [0.29, 0.717) is 16.3 Å². The number of Topliss-reactive ketones (excluding diaryl/α,β-unsaturated/α-hetero) is 1. The summed E-state index contributed by atoms with van der Waals surface area (Å²) in [7, 11) is 1.51. The average molecular weight is 276 g/mol. The Hall–Kier alpha value is -1.84. The van der Waals surface area contributed by atoms with Crippen LogP contribution in [0, 0.1) is 0 Å². The maximum Gasteiger partial charge on any atom is 0.187 e. The average Bonchev–Trinajstić information content (AvgIpc) is 2.46. The molecule has 0 aliphatic rings. The molecule has 0 heterocycles. The van der Waals surface area contributed by atoms with Crippen molar-refractivity contribution in [1.29, 1.82) is 0 Å². The number of ketones is 1. The van der Waals surface area contributed by atoms with Gasteiger partial charge in [0.2, 0.25) is 0 Å². The molecule has 0 radical (unpaired) electrons. The van der Waals surface area contributed by atoms with Crippen LogP contribution in [-0.2, 0) is 0 Å². The van der Waals surface area contributed by atoms with E-state index in [2.05, 4.69) is 0 Å². The predicted octanol–water partition coefficient (Wildman–Crippen LogP) is 3.23. The third kappa shape index (κ3) is 2.95. The minimum absolute atomic E-state index is 0.217. The number of carbonyl (C=O) groups is 1. The summed E-state index contributed by atoms with van der Waals surface area (Å²) in [6, 6.07) is 13.4. The molecule has 3 nitrogen and oxygen atoms in total. The zero-order valence-electron chi connectivity index (χ0n) is 10.5. The number of ether oxygens (including phenoxy) is 1. The van der Waals surface area contributed by atoms with Gasteiger partial charge in [-0.15, -0.1) is 0 Å². The van der Waals surface area contributed by atoms with Gasteiger partial charge in [-0.1, -0.05) is 41.9 Å². The standard InChI is InChI=1S/C15H14ClNO2/c1-19-13-8-7-11(16)9-12(13)15(18)14(17)10-5-3-2-4-6-10/h2-9,14H,17H2,1H3/t14-/m1/s1. The van der Waals surface area contributed by atoms with Crippen LogP contribution in [-0.4, -0.2) is 12.9 Å². The monoisotopic (exact) mass is 275 g/mol. The van der Waals surface area contributed by atoms with E-state index in [1.54, 1.807) is 18.2 Å². The van der Waals surface area contributed by atoms with Gasteiger partial charge in [-0.2, -0.15) is 0 Å². The Bertz CT molecular complexity index is 584. The molecule has 0 bridgehead atoms. The van der Waals surface area contributed by atoms with Gasteiger partial charge in [0.1, 0.15) is 5.75 Å². The molecule has 19 heavy (non-hydrogen) atoms. The zero-order chi connectivity index (χ0) is 13.8. The third-order valence-corrected chi connectivity index (χ3v) is 3.10. The molecule has 4 heteroatoms. The number of carbonyl (C=O) groups excluding carboxylic acids is 1. The first-order chi connectivity index (χ1) is 9.13. The fourth-order valence-electron chi connectivity index (χ4n) is 1.85. The topological polar surface area (TPSA) is 52.3 Å². The summed E-state index contributed by atoms with van der Waals surface area (Å²) >= 11 is 5.92. The van der Waals surface area contributed by atoms with Crippen molar-refractivity contribution in [3.8, 4) is 5.75 Å². The summed E-state index contributed by atoms with van der Waals surface area (Å²) in [4.78, 5) is 12.4. The molecule has 0 fully saturated rings. The van der Waals surface area contributed by atoms with E-state index in [4.69, 9.17) is 22.1 Å². The van der Waals surface area contributed by atoms with Gasteiger partial charge < -0.3 is 10.5 Å². The molecule has 1 atom stereocenters.